The number of rotatable bonds is 6. The molecule has 1 heterocycles. The minimum absolute atomic E-state index is 0.279. The fraction of sp³-hybridized carbons (Fsp3) is 0.111. The maximum Gasteiger partial charge on any atom is 0.338 e. The Hall–Kier alpha value is -3.55. The summed E-state index contributed by atoms with van der Waals surface area (Å²) in [5, 5.41) is 13.8. The van der Waals surface area contributed by atoms with E-state index in [1.54, 1.807) is 43.3 Å². The van der Waals surface area contributed by atoms with E-state index in [4.69, 9.17) is 4.74 Å². The molecule has 0 bridgehead atoms. The number of esters is 1. The minimum atomic E-state index is -0.373. The molecule has 1 aromatic heterocycles. The van der Waals surface area contributed by atoms with Crippen molar-refractivity contribution in [2.75, 3.05) is 17.2 Å². The lowest BCUT2D eigenvalue weighted by Crippen LogP contribution is -2.05. The Morgan fingerprint density at radius 3 is 2.38 bits per heavy atom. The van der Waals surface area contributed by atoms with Crippen molar-refractivity contribution in [3.8, 4) is 0 Å². The van der Waals surface area contributed by atoms with Crippen molar-refractivity contribution >= 4 is 29.1 Å². The highest BCUT2D eigenvalue weighted by molar-refractivity contribution is 5.89. The summed E-state index contributed by atoms with van der Waals surface area (Å²) < 4.78 is 17.9. The smallest absolute Gasteiger partial charge is 0.338 e. The first-order chi connectivity index (χ1) is 12.6. The molecule has 0 fully saturated rings. The van der Waals surface area contributed by atoms with Crippen LogP contribution in [-0.4, -0.2) is 27.8 Å². The van der Waals surface area contributed by atoms with Gasteiger partial charge in [0.1, 0.15) is 5.82 Å². The Labute approximate surface area is 149 Å². The highest BCUT2D eigenvalue weighted by Crippen LogP contribution is 2.17. The number of halogens is 1. The third-order valence-electron chi connectivity index (χ3n) is 3.33. The van der Waals surface area contributed by atoms with Crippen molar-refractivity contribution in [1.29, 1.82) is 0 Å². The molecule has 0 saturated carbocycles. The van der Waals surface area contributed by atoms with Crippen LogP contribution in [0, 0.1) is 5.82 Å². The molecule has 26 heavy (non-hydrogen) atoms. The quantitative estimate of drug-likeness (QED) is 0.654. The van der Waals surface area contributed by atoms with Crippen LogP contribution in [0.2, 0.25) is 0 Å². The number of hydrogen-bond donors (Lipinski definition) is 2. The van der Waals surface area contributed by atoms with Crippen molar-refractivity contribution in [3.63, 3.8) is 0 Å². The maximum absolute atomic E-state index is 12.9. The average molecular weight is 353 g/mol. The predicted molar refractivity (Wildman–Crippen MR) is 95.2 cm³/mol. The Balaban J connectivity index is 1.68. The lowest BCUT2D eigenvalue weighted by Gasteiger charge is -2.08. The van der Waals surface area contributed by atoms with Gasteiger partial charge in [0, 0.05) is 11.4 Å². The van der Waals surface area contributed by atoms with Gasteiger partial charge in [0.2, 0.25) is 5.95 Å². The molecule has 0 amide bonds. The van der Waals surface area contributed by atoms with Gasteiger partial charge in [0.15, 0.2) is 5.82 Å². The van der Waals surface area contributed by atoms with E-state index in [-0.39, 0.29) is 17.7 Å². The molecule has 3 aromatic rings. The van der Waals surface area contributed by atoms with E-state index in [0.717, 1.165) is 0 Å². The number of ether oxygens (including phenoxy) is 1. The van der Waals surface area contributed by atoms with E-state index in [2.05, 4.69) is 25.8 Å². The second-order valence-corrected chi connectivity index (χ2v) is 5.22. The summed E-state index contributed by atoms with van der Waals surface area (Å²) in [4.78, 5) is 15.9. The van der Waals surface area contributed by atoms with Gasteiger partial charge < -0.3 is 15.4 Å². The van der Waals surface area contributed by atoms with Crippen LogP contribution in [-0.2, 0) is 4.74 Å². The molecule has 2 aromatic carbocycles. The van der Waals surface area contributed by atoms with Gasteiger partial charge in [-0.1, -0.05) is 0 Å². The second-order valence-electron chi connectivity index (χ2n) is 5.22. The minimum Gasteiger partial charge on any atom is -0.462 e. The van der Waals surface area contributed by atoms with Crippen LogP contribution in [0.5, 0.6) is 0 Å². The molecule has 2 N–H and O–H groups in total. The van der Waals surface area contributed by atoms with Gasteiger partial charge in [-0.15, -0.1) is 5.10 Å². The van der Waals surface area contributed by atoms with Crippen LogP contribution in [0.3, 0.4) is 0 Å². The molecule has 3 rings (SSSR count). The highest BCUT2D eigenvalue weighted by Gasteiger charge is 2.07. The third-order valence-corrected chi connectivity index (χ3v) is 3.33. The number of benzene rings is 2. The van der Waals surface area contributed by atoms with Gasteiger partial charge in [0.05, 0.1) is 18.4 Å². The topological polar surface area (TPSA) is 89.0 Å². The van der Waals surface area contributed by atoms with Crippen molar-refractivity contribution in [3.05, 3.63) is 66.1 Å². The SMILES string of the molecule is CCOC(=O)c1ccc(Nc2nncc(Nc3ccc(F)cc3)n2)cc1. The van der Waals surface area contributed by atoms with Crippen molar-refractivity contribution in [2.24, 2.45) is 0 Å². The zero-order chi connectivity index (χ0) is 18.4. The summed E-state index contributed by atoms with van der Waals surface area (Å²) >= 11 is 0. The van der Waals surface area contributed by atoms with Crippen molar-refractivity contribution in [2.45, 2.75) is 6.92 Å². The number of carbonyl (C=O) groups excluding carboxylic acids is 1. The molecule has 8 heteroatoms. The van der Waals surface area contributed by atoms with Crippen LogP contribution >= 0.6 is 0 Å². The van der Waals surface area contributed by atoms with E-state index in [0.29, 0.717) is 29.4 Å². The monoisotopic (exact) mass is 353 g/mol. The van der Waals surface area contributed by atoms with Gasteiger partial charge in [-0.25, -0.2) is 9.18 Å². The van der Waals surface area contributed by atoms with E-state index in [1.165, 1.54) is 18.3 Å². The molecule has 0 aliphatic heterocycles. The molecule has 0 radical (unpaired) electrons. The number of aromatic nitrogens is 3. The second kappa shape index (κ2) is 8.02. The van der Waals surface area contributed by atoms with Crippen LogP contribution in [0.25, 0.3) is 0 Å². The summed E-state index contributed by atoms with van der Waals surface area (Å²) in [5.41, 5.74) is 1.83. The van der Waals surface area contributed by atoms with Gasteiger partial charge in [-0.2, -0.15) is 10.1 Å². The van der Waals surface area contributed by atoms with Crippen molar-refractivity contribution in [1.82, 2.24) is 15.2 Å². The fourth-order valence-electron chi connectivity index (χ4n) is 2.13. The zero-order valence-corrected chi connectivity index (χ0v) is 13.9. The summed E-state index contributed by atoms with van der Waals surface area (Å²) in [7, 11) is 0. The third kappa shape index (κ3) is 4.50. The predicted octanol–water partition coefficient (Wildman–Crippen LogP) is 3.67. The van der Waals surface area contributed by atoms with Gasteiger partial charge in [-0.05, 0) is 55.5 Å². The van der Waals surface area contributed by atoms with Crippen molar-refractivity contribution < 1.29 is 13.9 Å². The average Bonchev–Trinajstić information content (AvgIpc) is 2.65. The molecule has 0 aliphatic carbocycles. The van der Waals surface area contributed by atoms with Crippen LogP contribution in [0.1, 0.15) is 17.3 Å². The van der Waals surface area contributed by atoms with Crippen LogP contribution < -0.4 is 10.6 Å². The molecule has 132 valence electrons. The number of anilines is 4. The largest absolute Gasteiger partial charge is 0.462 e. The first-order valence-electron chi connectivity index (χ1n) is 7.90. The number of carbonyl (C=O) groups is 1. The molecule has 7 nitrogen and oxygen atoms in total. The highest BCUT2D eigenvalue weighted by atomic mass is 19.1. The molecule has 0 spiro atoms. The van der Waals surface area contributed by atoms with E-state index >= 15 is 0 Å². The number of nitrogens with one attached hydrogen (secondary N) is 2. The molecular weight excluding hydrogens is 337 g/mol. The molecule has 0 aliphatic rings. The number of nitrogens with zero attached hydrogens (tertiary/aromatic N) is 3. The molecular formula is C18H16FN5O2. The van der Waals surface area contributed by atoms with E-state index < -0.39 is 0 Å². The summed E-state index contributed by atoms with van der Waals surface area (Å²) in [6.45, 7) is 2.08. The zero-order valence-electron chi connectivity index (χ0n) is 13.9. The summed E-state index contributed by atoms with van der Waals surface area (Å²) in [5.74, 6) is 0.0469. The standard InChI is InChI=1S/C18H16FN5O2/c1-2-26-17(25)12-3-7-15(8-4-12)22-18-23-16(11-20-24-18)21-14-9-5-13(19)6-10-14/h3-11H,2H2,1H3,(H2,21,22,23,24). The molecule has 0 unspecified atom stereocenters. The molecule has 0 atom stereocenters. The van der Waals surface area contributed by atoms with Gasteiger partial charge in [0.25, 0.3) is 0 Å². The Kier molecular flexibility index (Phi) is 5.33. The van der Waals surface area contributed by atoms with E-state index in [1.807, 2.05) is 0 Å². The lowest BCUT2D eigenvalue weighted by atomic mass is 10.2. The maximum atomic E-state index is 12.9. The van der Waals surface area contributed by atoms with Crippen LogP contribution in [0.15, 0.2) is 54.7 Å². The van der Waals surface area contributed by atoms with Crippen LogP contribution in [0.4, 0.5) is 27.5 Å². The first-order valence-corrected chi connectivity index (χ1v) is 7.90. The molecule has 0 saturated heterocycles. The lowest BCUT2D eigenvalue weighted by molar-refractivity contribution is 0.0526. The summed E-state index contributed by atoms with van der Waals surface area (Å²) in [6, 6.07) is 12.6. The number of hydrogen-bond acceptors (Lipinski definition) is 7. The first kappa shape index (κ1) is 17.3. The Bertz CT molecular complexity index is 885. The summed E-state index contributed by atoms with van der Waals surface area (Å²) in [6.07, 6.45) is 1.46. The normalized spacial score (nSPS) is 10.2. The Morgan fingerprint density at radius 1 is 1.04 bits per heavy atom. The van der Waals surface area contributed by atoms with E-state index in [9.17, 15) is 9.18 Å². The van der Waals surface area contributed by atoms with Gasteiger partial charge in [-0.3, -0.25) is 0 Å². The fourth-order valence-corrected chi connectivity index (χ4v) is 2.13. The van der Waals surface area contributed by atoms with Gasteiger partial charge >= 0.3 is 5.97 Å². The Morgan fingerprint density at radius 2 is 1.69 bits per heavy atom.